The van der Waals surface area contributed by atoms with Crippen LogP contribution < -0.4 is 11.1 Å². The summed E-state index contributed by atoms with van der Waals surface area (Å²) in [4.78, 5) is 21.7. The molecule has 0 atom stereocenters. The van der Waals surface area contributed by atoms with E-state index in [0.717, 1.165) is 6.07 Å². The number of carbonyl (C=O) groups excluding carboxylic acids is 2. The van der Waals surface area contributed by atoms with E-state index in [1.165, 1.54) is 12.1 Å². The van der Waals surface area contributed by atoms with Gasteiger partial charge in [-0.15, -0.1) is 0 Å². The third-order valence-electron chi connectivity index (χ3n) is 1.60. The van der Waals surface area contributed by atoms with Crippen molar-refractivity contribution in [1.82, 2.24) is 5.32 Å². The highest BCUT2D eigenvalue weighted by atomic mass is 127. The summed E-state index contributed by atoms with van der Waals surface area (Å²) in [5.74, 6) is -1.64. The summed E-state index contributed by atoms with van der Waals surface area (Å²) in [6, 6.07) is 4.06. The van der Waals surface area contributed by atoms with E-state index in [1.807, 2.05) is 22.6 Å². The highest BCUT2D eigenvalue weighted by Crippen LogP contribution is 2.12. The number of hydrogen-bond acceptors (Lipinski definition) is 2. The molecule has 0 radical (unpaired) electrons. The molecule has 0 aliphatic rings. The van der Waals surface area contributed by atoms with Gasteiger partial charge >= 0.3 is 0 Å². The van der Waals surface area contributed by atoms with Gasteiger partial charge < -0.3 is 11.1 Å². The number of carbonyl (C=O) groups is 2. The van der Waals surface area contributed by atoms with Crippen molar-refractivity contribution in [3.05, 3.63) is 33.1 Å². The number of nitrogens with one attached hydrogen (secondary N) is 1. The van der Waals surface area contributed by atoms with Gasteiger partial charge in [0.25, 0.3) is 5.91 Å². The molecule has 0 saturated carbocycles. The Morgan fingerprint density at radius 1 is 1.47 bits per heavy atom. The minimum Gasteiger partial charge on any atom is -0.368 e. The van der Waals surface area contributed by atoms with Gasteiger partial charge in [-0.1, -0.05) is 0 Å². The van der Waals surface area contributed by atoms with Crippen molar-refractivity contribution in [2.75, 3.05) is 6.54 Å². The largest absolute Gasteiger partial charge is 0.368 e. The molecule has 80 valence electrons. The van der Waals surface area contributed by atoms with Crippen LogP contribution in [0.1, 0.15) is 10.4 Å². The molecule has 1 aromatic carbocycles. The van der Waals surface area contributed by atoms with Gasteiger partial charge in [0, 0.05) is 9.13 Å². The predicted octanol–water partition coefficient (Wildman–Crippen LogP) is 0.645. The van der Waals surface area contributed by atoms with Crippen molar-refractivity contribution >= 4 is 34.4 Å². The molecule has 0 aromatic heterocycles. The van der Waals surface area contributed by atoms with Gasteiger partial charge in [0.05, 0.1) is 6.54 Å². The zero-order valence-corrected chi connectivity index (χ0v) is 9.75. The normalized spacial score (nSPS) is 9.73. The Morgan fingerprint density at radius 3 is 2.67 bits per heavy atom. The van der Waals surface area contributed by atoms with E-state index >= 15 is 0 Å². The maximum Gasteiger partial charge on any atom is 0.251 e. The zero-order chi connectivity index (χ0) is 11.4. The molecule has 1 rings (SSSR count). The third kappa shape index (κ3) is 3.46. The van der Waals surface area contributed by atoms with E-state index in [0.29, 0.717) is 3.57 Å². The lowest BCUT2D eigenvalue weighted by Gasteiger charge is -2.03. The third-order valence-corrected chi connectivity index (χ3v) is 2.48. The maximum atomic E-state index is 13.1. The van der Waals surface area contributed by atoms with Gasteiger partial charge in [-0.05, 0) is 40.8 Å². The summed E-state index contributed by atoms with van der Waals surface area (Å²) in [7, 11) is 0. The van der Waals surface area contributed by atoms with Crippen molar-refractivity contribution in [3.63, 3.8) is 0 Å². The first kappa shape index (κ1) is 11.9. The molecule has 3 N–H and O–H groups in total. The van der Waals surface area contributed by atoms with Gasteiger partial charge in [-0.3, -0.25) is 9.59 Å². The van der Waals surface area contributed by atoms with Crippen molar-refractivity contribution in [1.29, 1.82) is 0 Å². The van der Waals surface area contributed by atoms with Crippen LogP contribution in [0.5, 0.6) is 0 Å². The maximum absolute atomic E-state index is 13.1. The molecule has 0 bridgehead atoms. The fourth-order valence-electron chi connectivity index (χ4n) is 0.907. The van der Waals surface area contributed by atoms with E-state index in [2.05, 4.69) is 5.32 Å². The first-order valence-electron chi connectivity index (χ1n) is 4.02. The van der Waals surface area contributed by atoms with Gasteiger partial charge in [0.2, 0.25) is 5.91 Å². The van der Waals surface area contributed by atoms with Crippen LogP contribution in [0.4, 0.5) is 4.39 Å². The van der Waals surface area contributed by atoms with E-state index in [9.17, 15) is 14.0 Å². The first-order valence-corrected chi connectivity index (χ1v) is 5.10. The zero-order valence-electron chi connectivity index (χ0n) is 7.59. The Bertz CT molecular complexity index is 409. The molecule has 2 amide bonds. The Balaban J connectivity index is 2.74. The average Bonchev–Trinajstić information content (AvgIpc) is 2.18. The van der Waals surface area contributed by atoms with E-state index in [-0.39, 0.29) is 12.1 Å². The van der Waals surface area contributed by atoms with Crippen LogP contribution in [0.2, 0.25) is 0 Å². The first-order chi connectivity index (χ1) is 7.00. The molecular weight excluding hydrogens is 314 g/mol. The summed E-state index contributed by atoms with van der Waals surface area (Å²) < 4.78 is 13.5. The Labute approximate surface area is 99.2 Å². The SMILES string of the molecule is NC(=O)CNC(=O)c1ccc(I)c(F)c1. The molecule has 0 spiro atoms. The fourth-order valence-corrected chi connectivity index (χ4v) is 1.24. The Kier molecular flexibility index (Phi) is 4.01. The van der Waals surface area contributed by atoms with Gasteiger partial charge in [-0.2, -0.15) is 0 Å². The molecule has 15 heavy (non-hydrogen) atoms. The van der Waals surface area contributed by atoms with Gasteiger partial charge in [0.15, 0.2) is 0 Å². The number of halogens is 2. The summed E-state index contributed by atoms with van der Waals surface area (Å²) >= 11 is 1.82. The topological polar surface area (TPSA) is 72.2 Å². The molecule has 6 heteroatoms. The van der Waals surface area contributed by atoms with Crippen LogP contribution in [-0.4, -0.2) is 18.4 Å². The molecular formula is C9H8FIN2O2. The van der Waals surface area contributed by atoms with Crippen LogP contribution >= 0.6 is 22.6 Å². The predicted molar refractivity (Wildman–Crippen MR) is 60.6 cm³/mol. The van der Waals surface area contributed by atoms with E-state index < -0.39 is 17.6 Å². The standard InChI is InChI=1S/C9H8FIN2O2/c10-6-3-5(1-2-7(6)11)9(15)13-4-8(12)14/h1-3H,4H2,(H2,12,14)(H,13,15). The Morgan fingerprint density at radius 2 is 2.13 bits per heavy atom. The minimum absolute atomic E-state index is 0.161. The second-order valence-corrected chi connectivity index (χ2v) is 3.94. The van der Waals surface area contributed by atoms with E-state index in [4.69, 9.17) is 5.73 Å². The monoisotopic (exact) mass is 322 g/mol. The van der Waals surface area contributed by atoms with Crippen LogP contribution in [0.3, 0.4) is 0 Å². The molecule has 0 unspecified atom stereocenters. The highest BCUT2D eigenvalue weighted by Gasteiger charge is 2.08. The summed E-state index contributed by atoms with van der Waals surface area (Å²) in [5, 5.41) is 2.26. The molecule has 1 aromatic rings. The van der Waals surface area contributed by atoms with Crippen LogP contribution in [0.25, 0.3) is 0 Å². The number of primary amides is 1. The quantitative estimate of drug-likeness (QED) is 0.802. The summed E-state index contributed by atoms with van der Waals surface area (Å²) in [6.07, 6.45) is 0. The average molecular weight is 322 g/mol. The Hall–Kier alpha value is -1.18. The lowest BCUT2D eigenvalue weighted by Crippen LogP contribution is -2.33. The molecule has 0 saturated heterocycles. The lowest BCUT2D eigenvalue weighted by atomic mass is 10.2. The molecule has 0 fully saturated rings. The van der Waals surface area contributed by atoms with Crippen molar-refractivity contribution in [2.45, 2.75) is 0 Å². The van der Waals surface area contributed by atoms with Gasteiger partial charge in [-0.25, -0.2) is 4.39 Å². The number of benzene rings is 1. The summed E-state index contributed by atoms with van der Waals surface area (Å²) in [6.45, 7) is -0.258. The van der Waals surface area contributed by atoms with E-state index in [1.54, 1.807) is 0 Å². The smallest absolute Gasteiger partial charge is 0.251 e. The van der Waals surface area contributed by atoms with Crippen LogP contribution in [-0.2, 0) is 4.79 Å². The van der Waals surface area contributed by atoms with Gasteiger partial charge in [0.1, 0.15) is 5.82 Å². The summed E-state index contributed by atoms with van der Waals surface area (Å²) in [5.41, 5.74) is 5.01. The number of amides is 2. The second kappa shape index (κ2) is 5.06. The lowest BCUT2D eigenvalue weighted by molar-refractivity contribution is -0.117. The molecule has 0 aliphatic carbocycles. The number of hydrogen-bond donors (Lipinski definition) is 2. The highest BCUT2D eigenvalue weighted by molar-refractivity contribution is 14.1. The van der Waals surface area contributed by atoms with Crippen LogP contribution in [0, 0.1) is 9.39 Å². The minimum atomic E-state index is -0.644. The second-order valence-electron chi connectivity index (χ2n) is 2.78. The molecule has 4 nitrogen and oxygen atoms in total. The number of nitrogens with two attached hydrogens (primary N) is 1. The van der Waals surface area contributed by atoms with Crippen molar-refractivity contribution in [2.24, 2.45) is 5.73 Å². The van der Waals surface area contributed by atoms with Crippen molar-refractivity contribution in [3.8, 4) is 0 Å². The molecule has 0 aliphatic heterocycles. The van der Waals surface area contributed by atoms with Crippen molar-refractivity contribution < 1.29 is 14.0 Å². The number of rotatable bonds is 3. The van der Waals surface area contributed by atoms with Crippen LogP contribution in [0.15, 0.2) is 18.2 Å². The fraction of sp³-hybridized carbons (Fsp3) is 0.111. The molecule has 0 heterocycles.